The molecule has 1 saturated carbocycles. The zero-order valence-electron chi connectivity index (χ0n) is 12.9. The molecule has 0 atom stereocenters. The van der Waals surface area contributed by atoms with E-state index in [0.717, 1.165) is 31.4 Å². The first kappa shape index (κ1) is 15.5. The molecule has 0 aliphatic heterocycles. The second-order valence-corrected chi connectivity index (χ2v) is 5.89. The monoisotopic (exact) mass is 313 g/mol. The normalized spacial score (nSPS) is 15.2. The summed E-state index contributed by atoms with van der Waals surface area (Å²) in [6.45, 7) is 0. The number of anilines is 3. The molecule has 5 heteroatoms. The molecule has 0 bridgehead atoms. The van der Waals surface area contributed by atoms with E-state index in [-0.39, 0.29) is 17.6 Å². The Morgan fingerprint density at radius 3 is 2.35 bits per heavy atom. The second kappa shape index (κ2) is 7.22. The second-order valence-electron chi connectivity index (χ2n) is 5.89. The van der Waals surface area contributed by atoms with Crippen molar-refractivity contribution in [1.82, 2.24) is 4.98 Å². The molecule has 0 unspecified atom stereocenters. The summed E-state index contributed by atoms with van der Waals surface area (Å²) in [5.74, 6) is 0.586. The van der Waals surface area contributed by atoms with Gasteiger partial charge in [-0.25, -0.2) is 9.37 Å². The first-order chi connectivity index (χ1) is 11.2. The smallest absolute Gasteiger partial charge is 0.227 e. The van der Waals surface area contributed by atoms with Gasteiger partial charge in [0.2, 0.25) is 5.91 Å². The first-order valence-corrected chi connectivity index (χ1v) is 8.00. The lowest BCUT2D eigenvalue weighted by molar-refractivity contribution is -0.120. The van der Waals surface area contributed by atoms with E-state index in [1.54, 1.807) is 24.4 Å². The summed E-state index contributed by atoms with van der Waals surface area (Å²) in [7, 11) is 0. The van der Waals surface area contributed by atoms with E-state index < -0.39 is 0 Å². The van der Waals surface area contributed by atoms with Crippen LogP contribution in [0.3, 0.4) is 0 Å². The lowest BCUT2D eigenvalue weighted by Crippen LogP contribution is -2.24. The van der Waals surface area contributed by atoms with Crippen LogP contribution in [0.5, 0.6) is 0 Å². The number of nitrogens with zero attached hydrogens (tertiary/aromatic N) is 1. The molecule has 120 valence electrons. The quantitative estimate of drug-likeness (QED) is 0.875. The molecule has 1 amide bonds. The molecule has 1 aromatic heterocycles. The van der Waals surface area contributed by atoms with Crippen LogP contribution in [0.4, 0.5) is 21.6 Å². The third-order valence-corrected chi connectivity index (χ3v) is 4.12. The highest BCUT2D eigenvalue weighted by atomic mass is 19.1. The Morgan fingerprint density at radius 1 is 1.00 bits per heavy atom. The predicted molar refractivity (Wildman–Crippen MR) is 89.1 cm³/mol. The molecule has 4 nitrogen and oxygen atoms in total. The number of carbonyl (C=O) groups is 1. The van der Waals surface area contributed by atoms with E-state index in [0.29, 0.717) is 11.5 Å². The molecule has 1 fully saturated rings. The standard InChI is InChI=1S/C18H20FN3O/c19-14-6-8-15(9-7-14)21-17-11-10-16(12-20-17)22-18(23)13-4-2-1-3-5-13/h6-13H,1-5H2,(H,20,21)(H,22,23). The van der Waals surface area contributed by atoms with Crippen LogP contribution in [0.15, 0.2) is 42.6 Å². The summed E-state index contributed by atoms with van der Waals surface area (Å²) in [6, 6.07) is 9.69. The van der Waals surface area contributed by atoms with Gasteiger partial charge in [0.05, 0.1) is 11.9 Å². The minimum absolute atomic E-state index is 0.0887. The summed E-state index contributed by atoms with van der Waals surface area (Å²) >= 11 is 0. The van der Waals surface area contributed by atoms with E-state index in [1.807, 2.05) is 6.07 Å². The van der Waals surface area contributed by atoms with Crippen molar-refractivity contribution in [3.8, 4) is 0 Å². The molecular weight excluding hydrogens is 293 g/mol. The third kappa shape index (κ3) is 4.28. The molecule has 1 aliphatic rings. The highest BCUT2D eigenvalue weighted by molar-refractivity contribution is 5.92. The SMILES string of the molecule is O=C(Nc1ccc(Nc2ccc(F)cc2)nc1)C1CCCCC1. The number of carbonyl (C=O) groups excluding carboxylic acids is 1. The molecule has 23 heavy (non-hydrogen) atoms. The number of hydrogen-bond acceptors (Lipinski definition) is 3. The van der Waals surface area contributed by atoms with Crippen molar-refractivity contribution in [2.24, 2.45) is 5.92 Å². The maximum atomic E-state index is 12.9. The lowest BCUT2D eigenvalue weighted by atomic mass is 9.88. The molecule has 2 aromatic rings. The van der Waals surface area contributed by atoms with Crippen molar-refractivity contribution in [3.63, 3.8) is 0 Å². The molecule has 0 radical (unpaired) electrons. The fourth-order valence-electron chi connectivity index (χ4n) is 2.83. The van der Waals surface area contributed by atoms with Crippen LogP contribution in [0.2, 0.25) is 0 Å². The van der Waals surface area contributed by atoms with Crippen LogP contribution in [-0.4, -0.2) is 10.9 Å². The minimum Gasteiger partial charge on any atom is -0.340 e. The zero-order chi connectivity index (χ0) is 16.1. The lowest BCUT2D eigenvalue weighted by Gasteiger charge is -2.20. The average molecular weight is 313 g/mol. The van der Waals surface area contributed by atoms with E-state index in [4.69, 9.17) is 0 Å². The first-order valence-electron chi connectivity index (χ1n) is 8.00. The Kier molecular flexibility index (Phi) is 4.86. The van der Waals surface area contributed by atoms with Gasteiger partial charge in [-0.3, -0.25) is 4.79 Å². The van der Waals surface area contributed by atoms with Gasteiger partial charge in [0.25, 0.3) is 0 Å². The van der Waals surface area contributed by atoms with E-state index in [1.165, 1.54) is 18.6 Å². The fourth-order valence-corrected chi connectivity index (χ4v) is 2.83. The number of halogens is 1. The molecule has 1 aromatic carbocycles. The van der Waals surface area contributed by atoms with Crippen LogP contribution < -0.4 is 10.6 Å². The maximum Gasteiger partial charge on any atom is 0.227 e. The number of pyridine rings is 1. The number of benzene rings is 1. The van der Waals surface area contributed by atoms with Gasteiger partial charge in [-0.15, -0.1) is 0 Å². The summed E-state index contributed by atoms with van der Waals surface area (Å²) < 4.78 is 12.9. The number of hydrogen-bond donors (Lipinski definition) is 2. The number of aromatic nitrogens is 1. The summed E-state index contributed by atoms with van der Waals surface area (Å²) in [5, 5.41) is 6.02. The fraction of sp³-hybridized carbons (Fsp3) is 0.333. The molecule has 2 N–H and O–H groups in total. The molecule has 0 spiro atoms. The van der Waals surface area contributed by atoms with E-state index in [2.05, 4.69) is 15.6 Å². The largest absolute Gasteiger partial charge is 0.340 e. The van der Waals surface area contributed by atoms with Gasteiger partial charge in [0, 0.05) is 11.6 Å². The topological polar surface area (TPSA) is 54.0 Å². The van der Waals surface area contributed by atoms with Gasteiger partial charge < -0.3 is 10.6 Å². The van der Waals surface area contributed by atoms with Crippen molar-refractivity contribution < 1.29 is 9.18 Å². The van der Waals surface area contributed by atoms with Crippen molar-refractivity contribution in [3.05, 3.63) is 48.4 Å². The van der Waals surface area contributed by atoms with Crippen molar-refractivity contribution in [2.45, 2.75) is 32.1 Å². The predicted octanol–water partition coefficient (Wildman–Crippen LogP) is 4.48. The van der Waals surface area contributed by atoms with Crippen molar-refractivity contribution in [2.75, 3.05) is 10.6 Å². The van der Waals surface area contributed by atoms with Gasteiger partial charge in [-0.2, -0.15) is 0 Å². The van der Waals surface area contributed by atoms with Crippen LogP contribution >= 0.6 is 0 Å². The molecular formula is C18H20FN3O. The Bertz CT molecular complexity index is 649. The Morgan fingerprint density at radius 2 is 1.70 bits per heavy atom. The van der Waals surface area contributed by atoms with E-state index >= 15 is 0 Å². The van der Waals surface area contributed by atoms with Crippen molar-refractivity contribution in [1.29, 1.82) is 0 Å². The summed E-state index contributed by atoms with van der Waals surface area (Å²) in [5.41, 5.74) is 1.46. The Balaban J connectivity index is 1.58. The Hall–Kier alpha value is -2.43. The maximum absolute atomic E-state index is 12.9. The van der Waals surface area contributed by atoms with E-state index in [9.17, 15) is 9.18 Å². The van der Waals surface area contributed by atoms with Gasteiger partial charge in [0.1, 0.15) is 11.6 Å². The highest BCUT2D eigenvalue weighted by Gasteiger charge is 2.20. The average Bonchev–Trinajstić information content (AvgIpc) is 2.59. The van der Waals surface area contributed by atoms with Gasteiger partial charge >= 0.3 is 0 Å². The number of nitrogens with one attached hydrogen (secondary N) is 2. The molecule has 1 aliphatic carbocycles. The summed E-state index contributed by atoms with van der Waals surface area (Å²) in [4.78, 5) is 16.5. The van der Waals surface area contributed by atoms with Gasteiger partial charge in [-0.05, 0) is 49.2 Å². The third-order valence-electron chi connectivity index (χ3n) is 4.12. The van der Waals surface area contributed by atoms with Gasteiger partial charge in [0.15, 0.2) is 0 Å². The number of amides is 1. The summed E-state index contributed by atoms with van der Waals surface area (Å²) in [6.07, 6.45) is 7.09. The van der Waals surface area contributed by atoms with Crippen LogP contribution in [0.25, 0.3) is 0 Å². The highest BCUT2D eigenvalue weighted by Crippen LogP contribution is 2.25. The molecule has 0 saturated heterocycles. The van der Waals surface area contributed by atoms with Crippen LogP contribution in [0, 0.1) is 11.7 Å². The van der Waals surface area contributed by atoms with Crippen LogP contribution in [-0.2, 0) is 4.79 Å². The van der Waals surface area contributed by atoms with Gasteiger partial charge in [-0.1, -0.05) is 19.3 Å². The Labute approximate surface area is 135 Å². The van der Waals surface area contributed by atoms with Crippen molar-refractivity contribution >= 4 is 23.1 Å². The number of rotatable bonds is 4. The zero-order valence-corrected chi connectivity index (χ0v) is 12.9. The minimum atomic E-state index is -0.274. The molecule has 1 heterocycles. The molecule has 3 rings (SSSR count). The van der Waals surface area contributed by atoms with Crippen LogP contribution in [0.1, 0.15) is 32.1 Å².